The van der Waals surface area contributed by atoms with Gasteiger partial charge in [0.2, 0.25) is 11.6 Å². The van der Waals surface area contributed by atoms with Gasteiger partial charge >= 0.3 is 18.1 Å². The van der Waals surface area contributed by atoms with Gasteiger partial charge in [0.15, 0.2) is 0 Å². The second-order valence-electron chi connectivity index (χ2n) is 11.0. The second kappa shape index (κ2) is 16.8. The van der Waals surface area contributed by atoms with E-state index in [1.54, 1.807) is 33.8 Å². The standard InChI is InChI=1S/C31H31F2N5O5S.C2HF3O2/c1-16(2)38(17(3)4)26-24(32)29(42-20-8-5-7-18(13-20)27(34)35)37-30(25(26)33)43-23-11-10-19(14-22(23)31(40)41)28(39)36-15-21-9-6-12-44-21;3-2(4,5)1(6)7/h5-14,16-17H,15H2,1-4H3,(H3,34,35)(H,36,39)(H,40,41);(H,6,7). The minimum absolute atomic E-state index is 0.0414. The molecule has 0 spiro atoms. The van der Waals surface area contributed by atoms with Crippen molar-refractivity contribution in [1.29, 1.82) is 5.41 Å². The quantitative estimate of drug-likeness (QED) is 0.0566. The number of hydrogen-bond donors (Lipinski definition) is 5. The van der Waals surface area contributed by atoms with Gasteiger partial charge in [-0.15, -0.1) is 11.3 Å². The highest BCUT2D eigenvalue weighted by atomic mass is 32.1. The van der Waals surface area contributed by atoms with E-state index < -0.39 is 58.7 Å². The first-order chi connectivity index (χ1) is 23.8. The van der Waals surface area contributed by atoms with Crippen LogP contribution in [0.15, 0.2) is 60.0 Å². The van der Waals surface area contributed by atoms with Gasteiger partial charge in [-0.2, -0.15) is 26.9 Å². The molecule has 0 aliphatic carbocycles. The van der Waals surface area contributed by atoms with Crippen molar-refractivity contribution in [3.8, 4) is 23.3 Å². The van der Waals surface area contributed by atoms with Crippen LogP contribution in [0, 0.1) is 17.0 Å². The largest absolute Gasteiger partial charge is 0.490 e. The van der Waals surface area contributed by atoms with Gasteiger partial charge in [0.05, 0.1) is 6.54 Å². The normalized spacial score (nSPS) is 11.0. The van der Waals surface area contributed by atoms with Gasteiger partial charge in [0.25, 0.3) is 17.7 Å². The van der Waals surface area contributed by atoms with E-state index >= 15 is 8.78 Å². The maximum atomic E-state index is 16.1. The highest BCUT2D eigenvalue weighted by Crippen LogP contribution is 2.40. The zero-order valence-corrected chi connectivity index (χ0v) is 28.2. The molecule has 0 bridgehead atoms. The summed E-state index contributed by atoms with van der Waals surface area (Å²) >= 11 is 1.46. The molecule has 4 aromatic rings. The van der Waals surface area contributed by atoms with E-state index in [-0.39, 0.29) is 41.5 Å². The number of thiophene rings is 1. The Morgan fingerprint density at radius 3 is 2.06 bits per heavy atom. The molecule has 0 radical (unpaired) electrons. The summed E-state index contributed by atoms with van der Waals surface area (Å²) in [5, 5.41) is 29.3. The minimum atomic E-state index is -5.08. The van der Waals surface area contributed by atoms with Crippen molar-refractivity contribution in [3.63, 3.8) is 0 Å². The van der Waals surface area contributed by atoms with Crippen LogP contribution in [0.2, 0.25) is 0 Å². The third-order valence-corrected chi connectivity index (χ3v) is 7.53. The third kappa shape index (κ3) is 10.4. The Morgan fingerprint density at radius 1 is 0.941 bits per heavy atom. The summed E-state index contributed by atoms with van der Waals surface area (Å²) in [6.07, 6.45) is -5.08. The molecular formula is C33H32F5N5O7S. The highest BCUT2D eigenvalue weighted by molar-refractivity contribution is 7.09. The molecule has 4 rings (SSSR count). The van der Waals surface area contributed by atoms with Crippen LogP contribution in [-0.4, -0.2) is 57.1 Å². The summed E-state index contributed by atoms with van der Waals surface area (Å²) in [6, 6.07) is 12.5. The molecule has 51 heavy (non-hydrogen) atoms. The molecule has 0 unspecified atom stereocenters. The predicted octanol–water partition coefficient (Wildman–Crippen LogP) is 7.17. The smallest absolute Gasteiger partial charge is 0.478 e. The number of anilines is 1. The van der Waals surface area contributed by atoms with E-state index in [0.29, 0.717) is 5.56 Å². The number of hydrogen-bond acceptors (Lipinski definition) is 9. The van der Waals surface area contributed by atoms with Gasteiger partial charge in [-0.05, 0) is 69.5 Å². The Kier molecular flexibility index (Phi) is 13.0. The van der Waals surface area contributed by atoms with Crippen LogP contribution < -0.4 is 25.4 Å². The number of rotatable bonds is 12. The fraction of sp³-hybridized carbons (Fsp3) is 0.242. The number of carbonyl (C=O) groups is 3. The number of nitrogens with two attached hydrogens (primary N) is 1. The first-order valence-corrected chi connectivity index (χ1v) is 15.6. The molecule has 0 fully saturated rings. The summed E-state index contributed by atoms with van der Waals surface area (Å²) in [4.78, 5) is 40.1. The molecule has 18 heteroatoms. The van der Waals surface area contributed by atoms with Crippen molar-refractivity contribution in [2.75, 3.05) is 4.90 Å². The maximum Gasteiger partial charge on any atom is 0.490 e. The number of amidine groups is 1. The van der Waals surface area contributed by atoms with Crippen LogP contribution in [-0.2, 0) is 11.3 Å². The van der Waals surface area contributed by atoms with Gasteiger partial charge in [-0.1, -0.05) is 18.2 Å². The average Bonchev–Trinajstić information content (AvgIpc) is 3.57. The molecule has 6 N–H and O–H groups in total. The molecule has 0 saturated heterocycles. The first kappa shape index (κ1) is 39.7. The maximum absolute atomic E-state index is 16.1. The topological polar surface area (TPSA) is 188 Å². The number of carbonyl (C=O) groups excluding carboxylic acids is 1. The van der Waals surface area contributed by atoms with Gasteiger partial charge in [-0.25, -0.2) is 9.59 Å². The van der Waals surface area contributed by atoms with Crippen molar-refractivity contribution in [1.82, 2.24) is 10.3 Å². The van der Waals surface area contributed by atoms with Crippen molar-refractivity contribution in [3.05, 3.63) is 93.2 Å². The van der Waals surface area contributed by atoms with E-state index in [0.717, 1.165) is 10.9 Å². The first-order valence-electron chi connectivity index (χ1n) is 14.8. The number of amides is 1. The number of aromatic carboxylic acids is 1. The molecule has 1 amide bonds. The van der Waals surface area contributed by atoms with Crippen LogP contribution in [0.5, 0.6) is 23.3 Å². The summed E-state index contributed by atoms with van der Waals surface area (Å²) in [5.74, 6) is -8.92. The Balaban J connectivity index is 0.000000908. The molecule has 272 valence electrons. The van der Waals surface area contributed by atoms with E-state index in [4.69, 9.17) is 30.5 Å². The Morgan fingerprint density at radius 2 is 1.55 bits per heavy atom. The lowest BCUT2D eigenvalue weighted by molar-refractivity contribution is -0.192. The Hall–Kier alpha value is -5.78. The number of pyridine rings is 1. The lowest BCUT2D eigenvalue weighted by atomic mass is 10.1. The van der Waals surface area contributed by atoms with Crippen molar-refractivity contribution in [2.45, 2.75) is 52.5 Å². The minimum Gasteiger partial charge on any atom is -0.478 e. The SMILES string of the molecule is CC(C)N(c1c(F)c(Oc2cccc(C(=N)N)c2)nc(Oc2ccc(C(=O)NCc3cccs3)cc2C(=O)O)c1F)C(C)C.O=C(O)C(F)(F)F. The molecule has 0 saturated carbocycles. The van der Waals surface area contributed by atoms with E-state index in [2.05, 4.69) is 10.3 Å². The van der Waals surface area contributed by atoms with Gasteiger partial charge in [0.1, 0.15) is 28.6 Å². The summed E-state index contributed by atoms with van der Waals surface area (Å²) in [6.45, 7) is 7.26. The van der Waals surface area contributed by atoms with Crippen molar-refractivity contribution >= 4 is 40.7 Å². The predicted molar refractivity (Wildman–Crippen MR) is 177 cm³/mol. The van der Waals surface area contributed by atoms with Crippen LogP contribution in [0.25, 0.3) is 0 Å². The number of nitrogens with zero attached hydrogens (tertiary/aromatic N) is 2. The summed E-state index contributed by atoms with van der Waals surface area (Å²) in [5.41, 5.74) is 4.98. The van der Waals surface area contributed by atoms with Gasteiger partial charge in [0, 0.05) is 28.1 Å². The number of aliphatic carboxylic acids is 1. The number of carboxylic acid groups (broad SMARTS) is 2. The number of benzene rings is 2. The third-order valence-electron chi connectivity index (χ3n) is 6.65. The van der Waals surface area contributed by atoms with Crippen LogP contribution >= 0.6 is 11.3 Å². The fourth-order valence-corrected chi connectivity index (χ4v) is 5.16. The molecule has 12 nitrogen and oxygen atoms in total. The number of aromatic nitrogens is 1. The number of alkyl halides is 3. The number of carboxylic acids is 2. The van der Waals surface area contributed by atoms with Crippen LogP contribution in [0.4, 0.5) is 27.6 Å². The molecule has 2 aromatic carbocycles. The zero-order chi connectivity index (χ0) is 38.2. The van der Waals surface area contributed by atoms with E-state index in [1.807, 2.05) is 17.5 Å². The van der Waals surface area contributed by atoms with Crippen molar-refractivity contribution in [2.24, 2.45) is 5.73 Å². The zero-order valence-electron chi connectivity index (χ0n) is 27.3. The Labute approximate surface area is 291 Å². The summed E-state index contributed by atoms with van der Waals surface area (Å²) in [7, 11) is 0. The highest BCUT2D eigenvalue weighted by Gasteiger charge is 2.38. The number of nitrogens with one attached hydrogen (secondary N) is 2. The molecule has 2 heterocycles. The van der Waals surface area contributed by atoms with Crippen LogP contribution in [0.1, 0.15) is 58.9 Å². The lowest BCUT2D eigenvalue weighted by Gasteiger charge is -2.33. The lowest BCUT2D eigenvalue weighted by Crippen LogP contribution is -2.38. The average molecular weight is 738 g/mol. The Bertz CT molecular complexity index is 1900. The number of nitrogen functional groups attached to an aromatic ring is 1. The van der Waals surface area contributed by atoms with Crippen LogP contribution in [0.3, 0.4) is 0 Å². The number of halogens is 5. The molecule has 2 aromatic heterocycles. The van der Waals surface area contributed by atoms with Gasteiger partial charge in [-0.3, -0.25) is 10.2 Å². The fourth-order valence-electron chi connectivity index (χ4n) is 4.52. The molecule has 0 aliphatic heterocycles. The number of ether oxygens (including phenoxy) is 2. The van der Waals surface area contributed by atoms with E-state index in [1.165, 1.54) is 46.6 Å². The van der Waals surface area contributed by atoms with Gasteiger partial charge < -0.3 is 35.6 Å². The summed E-state index contributed by atoms with van der Waals surface area (Å²) < 4.78 is 75.1. The van der Waals surface area contributed by atoms with E-state index in [9.17, 15) is 27.9 Å². The molecule has 0 aliphatic rings. The molecule has 0 atom stereocenters. The van der Waals surface area contributed by atoms with Crippen molar-refractivity contribution < 1.29 is 56.0 Å². The monoisotopic (exact) mass is 737 g/mol. The molecular weight excluding hydrogens is 705 g/mol. The second-order valence-corrected chi connectivity index (χ2v) is 12.1.